The highest BCUT2D eigenvalue weighted by Crippen LogP contribution is 2.15. The van der Waals surface area contributed by atoms with Gasteiger partial charge in [-0.2, -0.15) is 0 Å². The van der Waals surface area contributed by atoms with Crippen molar-refractivity contribution in [2.24, 2.45) is 0 Å². The van der Waals surface area contributed by atoms with Gasteiger partial charge in [-0.3, -0.25) is 0 Å². The maximum atomic E-state index is 13.7. The van der Waals surface area contributed by atoms with Gasteiger partial charge < -0.3 is 5.32 Å². The Balaban J connectivity index is 1.97. The molecule has 1 unspecified atom stereocenters. The van der Waals surface area contributed by atoms with Crippen LogP contribution in [0.5, 0.6) is 0 Å². The molecule has 0 aliphatic rings. The van der Waals surface area contributed by atoms with Gasteiger partial charge in [-0.05, 0) is 43.5 Å². The Bertz CT molecular complexity index is 540. The van der Waals surface area contributed by atoms with Crippen molar-refractivity contribution in [3.8, 4) is 0 Å². The molecule has 20 heavy (non-hydrogen) atoms. The number of likely N-dealkylation sites (N-methyl/N-ethyl adjacent to an activating group) is 1. The SMILES string of the molecule is CNC(CCc1ccccc1)Cc1cccc(F)c1F. The summed E-state index contributed by atoms with van der Waals surface area (Å²) in [6.07, 6.45) is 2.30. The van der Waals surface area contributed by atoms with Crippen LogP contribution in [-0.2, 0) is 12.8 Å². The lowest BCUT2D eigenvalue weighted by molar-refractivity contribution is 0.473. The smallest absolute Gasteiger partial charge is 0.162 e. The van der Waals surface area contributed by atoms with Crippen LogP contribution in [0, 0.1) is 11.6 Å². The van der Waals surface area contributed by atoms with Crippen molar-refractivity contribution < 1.29 is 8.78 Å². The number of hydrogen-bond donors (Lipinski definition) is 1. The second-order valence-corrected chi connectivity index (χ2v) is 4.93. The molecule has 1 atom stereocenters. The summed E-state index contributed by atoms with van der Waals surface area (Å²) in [5, 5.41) is 3.18. The Hall–Kier alpha value is -1.74. The number of rotatable bonds is 6. The molecule has 2 aromatic carbocycles. The minimum atomic E-state index is -0.777. The average Bonchev–Trinajstić information content (AvgIpc) is 2.49. The minimum Gasteiger partial charge on any atom is -0.317 e. The van der Waals surface area contributed by atoms with Crippen molar-refractivity contribution in [2.45, 2.75) is 25.3 Å². The van der Waals surface area contributed by atoms with Crippen LogP contribution < -0.4 is 5.32 Å². The number of aryl methyl sites for hydroxylation is 1. The number of nitrogens with one attached hydrogen (secondary N) is 1. The highest BCUT2D eigenvalue weighted by Gasteiger charge is 2.13. The standard InChI is InChI=1S/C17H19F2N/c1-20-15(11-10-13-6-3-2-4-7-13)12-14-8-5-9-16(18)17(14)19/h2-9,15,20H,10-12H2,1H3. The summed E-state index contributed by atoms with van der Waals surface area (Å²) in [5.74, 6) is -1.51. The maximum absolute atomic E-state index is 13.7. The van der Waals surface area contributed by atoms with Crippen LogP contribution in [0.1, 0.15) is 17.5 Å². The zero-order chi connectivity index (χ0) is 14.4. The van der Waals surface area contributed by atoms with Crippen molar-refractivity contribution >= 4 is 0 Å². The molecule has 2 aromatic rings. The molecule has 0 saturated carbocycles. The highest BCUT2D eigenvalue weighted by molar-refractivity contribution is 5.20. The van der Waals surface area contributed by atoms with Gasteiger partial charge >= 0.3 is 0 Å². The van der Waals surface area contributed by atoms with Crippen molar-refractivity contribution in [3.05, 3.63) is 71.3 Å². The third kappa shape index (κ3) is 3.87. The monoisotopic (exact) mass is 275 g/mol. The third-order valence-electron chi connectivity index (χ3n) is 3.53. The van der Waals surface area contributed by atoms with Gasteiger partial charge in [-0.1, -0.05) is 42.5 Å². The summed E-state index contributed by atoms with van der Waals surface area (Å²) in [6.45, 7) is 0. The number of benzene rings is 2. The summed E-state index contributed by atoms with van der Waals surface area (Å²) in [5.41, 5.74) is 1.69. The van der Waals surface area contributed by atoms with E-state index in [1.165, 1.54) is 5.56 Å². The average molecular weight is 275 g/mol. The van der Waals surface area contributed by atoms with Gasteiger partial charge in [-0.15, -0.1) is 0 Å². The van der Waals surface area contributed by atoms with E-state index in [0.29, 0.717) is 12.0 Å². The molecule has 3 heteroatoms. The number of hydrogen-bond acceptors (Lipinski definition) is 1. The van der Waals surface area contributed by atoms with Crippen LogP contribution in [0.4, 0.5) is 8.78 Å². The summed E-state index contributed by atoms with van der Waals surface area (Å²) in [4.78, 5) is 0. The molecule has 0 aromatic heterocycles. The number of halogens is 2. The van der Waals surface area contributed by atoms with Gasteiger partial charge in [0.1, 0.15) is 0 Å². The molecule has 0 heterocycles. The fraction of sp³-hybridized carbons (Fsp3) is 0.294. The first-order chi connectivity index (χ1) is 9.70. The Morgan fingerprint density at radius 3 is 2.45 bits per heavy atom. The fourth-order valence-corrected chi connectivity index (χ4v) is 2.31. The zero-order valence-corrected chi connectivity index (χ0v) is 11.6. The molecular weight excluding hydrogens is 256 g/mol. The Morgan fingerprint density at radius 2 is 1.75 bits per heavy atom. The van der Waals surface area contributed by atoms with E-state index >= 15 is 0 Å². The molecule has 1 N–H and O–H groups in total. The van der Waals surface area contributed by atoms with Crippen molar-refractivity contribution in [2.75, 3.05) is 7.05 Å². The Labute approximate surface area is 118 Å². The lowest BCUT2D eigenvalue weighted by Gasteiger charge is -2.16. The third-order valence-corrected chi connectivity index (χ3v) is 3.53. The van der Waals surface area contributed by atoms with Crippen LogP contribution in [0.15, 0.2) is 48.5 Å². The predicted octanol–water partition coefficient (Wildman–Crippen LogP) is 3.73. The lowest BCUT2D eigenvalue weighted by atomic mass is 9.99. The van der Waals surface area contributed by atoms with Gasteiger partial charge in [0.25, 0.3) is 0 Å². The fourth-order valence-electron chi connectivity index (χ4n) is 2.31. The van der Waals surface area contributed by atoms with E-state index in [0.717, 1.165) is 18.9 Å². The molecule has 106 valence electrons. The molecule has 0 saturated heterocycles. The van der Waals surface area contributed by atoms with E-state index < -0.39 is 11.6 Å². The van der Waals surface area contributed by atoms with Gasteiger partial charge in [0.2, 0.25) is 0 Å². The predicted molar refractivity (Wildman–Crippen MR) is 77.7 cm³/mol. The van der Waals surface area contributed by atoms with Gasteiger partial charge in [-0.25, -0.2) is 8.78 Å². The molecular formula is C17H19F2N. The summed E-state index contributed by atoms with van der Waals surface area (Å²) < 4.78 is 26.8. The summed E-state index contributed by atoms with van der Waals surface area (Å²) >= 11 is 0. The van der Waals surface area contributed by atoms with Gasteiger partial charge in [0.05, 0.1) is 0 Å². The summed E-state index contributed by atoms with van der Waals surface area (Å²) in [6, 6.07) is 14.6. The Kier molecular flexibility index (Phi) is 5.24. The van der Waals surface area contributed by atoms with E-state index in [2.05, 4.69) is 17.4 Å². The van der Waals surface area contributed by atoms with E-state index in [-0.39, 0.29) is 6.04 Å². The van der Waals surface area contributed by atoms with Crippen LogP contribution in [0.3, 0.4) is 0 Å². The largest absolute Gasteiger partial charge is 0.317 e. The lowest BCUT2D eigenvalue weighted by Crippen LogP contribution is -2.28. The molecule has 0 bridgehead atoms. The van der Waals surface area contributed by atoms with Crippen molar-refractivity contribution in [1.29, 1.82) is 0 Å². The maximum Gasteiger partial charge on any atom is 0.162 e. The first-order valence-corrected chi connectivity index (χ1v) is 6.84. The van der Waals surface area contributed by atoms with Crippen molar-refractivity contribution in [1.82, 2.24) is 5.32 Å². The quantitative estimate of drug-likeness (QED) is 0.847. The first-order valence-electron chi connectivity index (χ1n) is 6.84. The Morgan fingerprint density at radius 1 is 1.00 bits per heavy atom. The van der Waals surface area contributed by atoms with E-state index in [1.54, 1.807) is 12.1 Å². The molecule has 0 fully saturated rings. The van der Waals surface area contributed by atoms with Crippen LogP contribution in [-0.4, -0.2) is 13.1 Å². The van der Waals surface area contributed by atoms with Crippen LogP contribution in [0.25, 0.3) is 0 Å². The molecule has 0 spiro atoms. The van der Waals surface area contributed by atoms with Crippen LogP contribution in [0.2, 0.25) is 0 Å². The topological polar surface area (TPSA) is 12.0 Å². The van der Waals surface area contributed by atoms with E-state index in [1.807, 2.05) is 25.2 Å². The van der Waals surface area contributed by atoms with E-state index in [4.69, 9.17) is 0 Å². The molecule has 0 amide bonds. The molecule has 0 aliphatic carbocycles. The zero-order valence-electron chi connectivity index (χ0n) is 11.6. The second kappa shape index (κ2) is 7.15. The van der Waals surface area contributed by atoms with Crippen molar-refractivity contribution in [3.63, 3.8) is 0 Å². The normalized spacial score (nSPS) is 12.3. The second-order valence-electron chi connectivity index (χ2n) is 4.93. The molecule has 0 aliphatic heterocycles. The summed E-state index contributed by atoms with van der Waals surface area (Å²) in [7, 11) is 1.85. The molecule has 2 rings (SSSR count). The molecule has 1 nitrogen and oxygen atoms in total. The molecule has 0 radical (unpaired) electrons. The highest BCUT2D eigenvalue weighted by atomic mass is 19.2. The first kappa shape index (κ1) is 14.7. The minimum absolute atomic E-state index is 0.131. The van der Waals surface area contributed by atoms with Gasteiger partial charge in [0.15, 0.2) is 11.6 Å². The van der Waals surface area contributed by atoms with Crippen LogP contribution >= 0.6 is 0 Å². The van der Waals surface area contributed by atoms with Gasteiger partial charge in [0, 0.05) is 6.04 Å². The van der Waals surface area contributed by atoms with E-state index in [9.17, 15) is 8.78 Å².